The molecule has 40 heavy (non-hydrogen) atoms. The molecule has 3 aromatic carbocycles. The van der Waals surface area contributed by atoms with E-state index in [-0.39, 0.29) is 34.5 Å². The number of hydrogen-bond acceptors (Lipinski definition) is 4. The van der Waals surface area contributed by atoms with Gasteiger partial charge in [-0.2, -0.15) is 0 Å². The normalized spacial score (nSPS) is 14.1. The highest BCUT2D eigenvalue weighted by Crippen LogP contribution is 2.25. The molecule has 2 N–H and O–H groups in total. The van der Waals surface area contributed by atoms with Crippen LogP contribution in [0.25, 0.3) is 16.6 Å². The maximum atomic E-state index is 12.9. The summed E-state index contributed by atoms with van der Waals surface area (Å²) in [6.45, 7) is 1.36. The standard InChI is InChI=1S/C30H26Cl2N4O4/c31-22-4-3-5-23(32)28(22)29(38)34-25(30(39)40)16-19-8-10-20(11-9-19)21-12-14-35(15-13-21)27(37)17-36-18-33-24-6-1-2-7-26(24)36/h1-12,18,25H,13-17H2,(H,34,38)(H,39,40)/t25-/m0/s1. The van der Waals surface area contributed by atoms with Crippen molar-refractivity contribution in [2.45, 2.75) is 25.4 Å². The average Bonchev–Trinajstić information content (AvgIpc) is 3.35. The van der Waals surface area contributed by atoms with E-state index in [1.807, 2.05) is 58.0 Å². The third-order valence-electron chi connectivity index (χ3n) is 6.95. The zero-order valence-corrected chi connectivity index (χ0v) is 22.9. The molecule has 0 saturated heterocycles. The summed E-state index contributed by atoms with van der Waals surface area (Å²) in [7, 11) is 0. The number of nitrogens with zero attached hydrogens (tertiary/aromatic N) is 3. The number of halogens is 2. The van der Waals surface area contributed by atoms with Gasteiger partial charge in [0.1, 0.15) is 12.6 Å². The Hall–Kier alpha value is -4.14. The minimum Gasteiger partial charge on any atom is -0.480 e. The van der Waals surface area contributed by atoms with E-state index in [0.717, 1.165) is 27.7 Å². The molecule has 0 aliphatic carbocycles. The maximum Gasteiger partial charge on any atom is 0.326 e. The predicted octanol–water partition coefficient (Wildman–Crippen LogP) is 5.08. The fourth-order valence-electron chi connectivity index (χ4n) is 4.78. The van der Waals surface area contributed by atoms with Crippen molar-refractivity contribution < 1.29 is 19.5 Å². The molecule has 1 atom stereocenters. The van der Waals surface area contributed by atoms with Gasteiger partial charge in [-0.25, -0.2) is 9.78 Å². The largest absolute Gasteiger partial charge is 0.480 e. The summed E-state index contributed by atoms with van der Waals surface area (Å²) >= 11 is 12.2. The number of fused-ring (bicyclic) bond motifs is 1. The number of carbonyl (C=O) groups is 3. The van der Waals surface area contributed by atoms with E-state index in [2.05, 4.69) is 16.4 Å². The summed E-state index contributed by atoms with van der Waals surface area (Å²) in [5.74, 6) is -1.77. The number of imidazole rings is 1. The Kier molecular flexibility index (Phi) is 8.19. The molecule has 1 aliphatic rings. The van der Waals surface area contributed by atoms with Crippen LogP contribution in [0.3, 0.4) is 0 Å². The van der Waals surface area contributed by atoms with Crippen molar-refractivity contribution in [1.82, 2.24) is 19.8 Å². The van der Waals surface area contributed by atoms with Crippen LogP contribution in [-0.4, -0.2) is 56.5 Å². The van der Waals surface area contributed by atoms with Gasteiger partial charge < -0.3 is 19.9 Å². The van der Waals surface area contributed by atoms with Gasteiger partial charge in [0, 0.05) is 19.5 Å². The second-order valence-electron chi connectivity index (χ2n) is 9.54. The van der Waals surface area contributed by atoms with Gasteiger partial charge in [-0.3, -0.25) is 9.59 Å². The zero-order chi connectivity index (χ0) is 28.2. The molecule has 1 aromatic heterocycles. The fraction of sp³-hybridized carbons (Fsp3) is 0.200. The summed E-state index contributed by atoms with van der Waals surface area (Å²) < 4.78 is 1.87. The zero-order valence-electron chi connectivity index (χ0n) is 21.4. The lowest BCUT2D eigenvalue weighted by Crippen LogP contribution is -2.42. The van der Waals surface area contributed by atoms with Crippen LogP contribution in [0.5, 0.6) is 0 Å². The van der Waals surface area contributed by atoms with Crippen molar-refractivity contribution in [1.29, 1.82) is 0 Å². The van der Waals surface area contributed by atoms with Crippen LogP contribution < -0.4 is 5.32 Å². The first-order valence-corrected chi connectivity index (χ1v) is 13.5. The van der Waals surface area contributed by atoms with E-state index < -0.39 is 17.9 Å². The van der Waals surface area contributed by atoms with Crippen molar-refractivity contribution in [3.8, 4) is 0 Å². The third-order valence-corrected chi connectivity index (χ3v) is 7.58. The van der Waals surface area contributed by atoms with Crippen LogP contribution in [-0.2, 0) is 22.6 Å². The summed E-state index contributed by atoms with van der Waals surface area (Å²) in [6.07, 6.45) is 4.55. The highest BCUT2D eigenvalue weighted by Gasteiger charge is 2.24. The molecule has 0 saturated carbocycles. The Labute approximate surface area is 240 Å². The van der Waals surface area contributed by atoms with Crippen LogP contribution in [0.1, 0.15) is 27.9 Å². The van der Waals surface area contributed by atoms with Gasteiger partial charge in [0.05, 0.1) is 33.0 Å². The quantitative estimate of drug-likeness (QED) is 0.304. The molecule has 1 aliphatic heterocycles. The molecule has 2 heterocycles. The lowest BCUT2D eigenvalue weighted by atomic mass is 9.96. The van der Waals surface area contributed by atoms with Gasteiger partial charge in [-0.15, -0.1) is 0 Å². The van der Waals surface area contributed by atoms with Gasteiger partial charge in [0.15, 0.2) is 0 Å². The third kappa shape index (κ3) is 6.03. The number of nitrogens with one attached hydrogen (secondary N) is 1. The smallest absolute Gasteiger partial charge is 0.326 e. The van der Waals surface area contributed by atoms with Gasteiger partial charge in [-0.1, -0.05) is 71.7 Å². The van der Waals surface area contributed by atoms with Crippen molar-refractivity contribution in [3.63, 3.8) is 0 Å². The predicted molar refractivity (Wildman–Crippen MR) is 154 cm³/mol. The number of aromatic nitrogens is 2. The van der Waals surface area contributed by atoms with Crippen molar-refractivity contribution >= 4 is 57.6 Å². The number of carbonyl (C=O) groups excluding carboxylic acids is 2. The number of carboxylic acids is 1. The van der Waals surface area contributed by atoms with Crippen molar-refractivity contribution in [2.75, 3.05) is 13.1 Å². The lowest BCUT2D eigenvalue weighted by molar-refractivity contribution is -0.139. The van der Waals surface area contributed by atoms with Crippen LogP contribution in [0.4, 0.5) is 0 Å². The van der Waals surface area contributed by atoms with Crippen molar-refractivity contribution in [2.24, 2.45) is 0 Å². The highest BCUT2D eigenvalue weighted by molar-refractivity contribution is 6.39. The molecule has 4 aromatic rings. The van der Waals surface area contributed by atoms with Crippen LogP contribution in [0.15, 0.2) is 79.1 Å². The molecule has 5 rings (SSSR count). The maximum absolute atomic E-state index is 12.9. The summed E-state index contributed by atoms with van der Waals surface area (Å²) in [5.41, 5.74) is 4.73. The molecule has 204 valence electrons. The number of hydrogen-bond donors (Lipinski definition) is 2. The van der Waals surface area contributed by atoms with Gasteiger partial charge in [-0.05, 0) is 47.4 Å². The SMILES string of the molecule is O=C(N[C@@H](Cc1ccc(C2=CCN(C(=O)Cn3cnc4ccccc43)CC2)cc1)C(=O)O)c1c(Cl)cccc1Cl. The van der Waals surface area contributed by atoms with Gasteiger partial charge in [0.25, 0.3) is 5.91 Å². The minimum atomic E-state index is -1.16. The van der Waals surface area contributed by atoms with E-state index in [4.69, 9.17) is 23.2 Å². The van der Waals surface area contributed by atoms with Gasteiger partial charge in [0.2, 0.25) is 5.91 Å². The molecule has 10 heteroatoms. The van der Waals surface area contributed by atoms with E-state index in [9.17, 15) is 19.5 Å². The van der Waals surface area contributed by atoms with E-state index in [1.165, 1.54) is 12.1 Å². The van der Waals surface area contributed by atoms with Crippen molar-refractivity contribution in [3.05, 3.63) is 106 Å². The first-order valence-electron chi connectivity index (χ1n) is 12.7. The fourth-order valence-corrected chi connectivity index (χ4v) is 5.34. The molecule has 2 amide bonds. The number of aliphatic carboxylic acids is 1. The van der Waals surface area contributed by atoms with Crippen LogP contribution >= 0.6 is 23.2 Å². The van der Waals surface area contributed by atoms with Crippen LogP contribution in [0, 0.1) is 0 Å². The molecule has 0 radical (unpaired) electrons. The molecular formula is C30H26Cl2N4O4. The van der Waals surface area contributed by atoms with E-state index in [0.29, 0.717) is 19.5 Å². The number of para-hydroxylation sites is 2. The first-order chi connectivity index (χ1) is 19.3. The minimum absolute atomic E-state index is 0.0358. The van der Waals surface area contributed by atoms with E-state index >= 15 is 0 Å². The molecular weight excluding hydrogens is 551 g/mol. The van der Waals surface area contributed by atoms with Crippen LogP contribution in [0.2, 0.25) is 10.0 Å². The molecule has 0 unspecified atom stereocenters. The summed E-state index contributed by atoms with van der Waals surface area (Å²) in [4.78, 5) is 43.7. The van der Waals surface area contributed by atoms with E-state index in [1.54, 1.807) is 12.4 Å². The number of carboxylic acid groups (broad SMARTS) is 1. The second-order valence-corrected chi connectivity index (χ2v) is 10.4. The number of rotatable bonds is 8. The summed E-state index contributed by atoms with van der Waals surface area (Å²) in [6, 6.07) is 18.8. The lowest BCUT2D eigenvalue weighted by Gasteiger charge is -2.27. The molecule has 0 bridgehead atoms. The molecule has 8 nitrogen and oxygen atoms in total. The second kappa shape index (κ2) is 11.9. The average molecular weight is 577 g/mol. The first kappa shape index (κ1) is 27.4. The van der Waals surface area contributed by atoms with Gasteiger partial charge >= 0.3 is 5.97 Å². The monoisotopic (exact) mass is 576 g/mol. The molecule has 0 fully saturated rings. The number of benzene rings is 3. The summed E-state index contributed by atoms with van der Waals surface area (Å²) in [5, 5.41) is 12.5. The number of amides is 2. The Morgan fingerprint density at radius 1 is 0.975 bits per heavy atom. The molecule has 0 spiro atoms. The topological polar surface area (TPSA) is 105 Å². The Morgan fingerprint density at radius 2 is 1.70 bits per heavy atom. The Morgan fingerprint density at radius 3 is 2.38 bits per heavy atom. The Bertz CT molecular complexity index is 1590. The Balaban J connectivity index is 1.19. The highest BCUT2D eigenvalue weighted by atomic mass is 35.5.